The van der Waals surface area contributed by atoms with Gasteiger partial charge in [-0.25, -0.2) is 13.9 Å². The molecule has 1 aromatic carbocycles. The molecule has 3 aromatic rings. The Morgan fingerprint density at radius 1 is 1.26 bits per heavy atom. The molecule has 0 aliphatic rings. The van der Waals surface area contributed by atoms with Crippen molar-refractivity contribution in [2.75, 3.05) is 0 Å². The highest BCUT2D eigenvalue weighted by Crippen LogP contribution is 2.30. The fourth-order valence-corrected chi connectivity index (χ4v) is 2.58. The predicted octanol–water partition coefficient (Wildman–Crippen LogP) is 4.30. The Kier molecular flexibility index (Phi) is 3.68. The van der Waals surface area contributed by atoms with Gasteiger partial charge in [-0.3, -0.25) is 4.79 Å². The molecule has 6 heteroatoms. The van der Waals surface area contributed by atoms with Gasteiger partial charge in [0.2, 0.25) is 0 Å². The number of halogens is 2. The van der Waals surface area contributed by atoms with E-state index in [0.29, 0.717) is 28.9 Å². The van der Waals surface area contributed by atoms with Gasteiger partial charge in [-0.05, 0) is 29.7 Å². The second-order valence-corrected chi connectivity index (χ2v) is 6.78. The number of fused-ring (bicyclic) bond motifs is 1. The van der Waals surface area contributed by atoms with E-state index >= 15 is 0 Å². The molecular weight excluding hydrogens is 317 g/mol. The summed E-state index contributed by atoms with van der Waals surface area (Å²) in [6.45, 7) is 6.16. The average molecular weight is 332 g/mol. The highest BCUT2D eigenvalue weighted by Gasteiger charge is 2.21. The van der Waals surface area contributed by atoms with Crippen LogP contribution < -0.4 is 0 Å². The number of hydrogen-bond donors (Lipinski definition) is 0. The molecule has 0 aliphatic heterocycles. The number of nitrogens with zero attached hydrogens (tertiary/aromatic N) is 3. The average Bonchev–Trinajstić information content (AvgIpc) is 2.90. The third-order valence-corrected chi connectivity index (χ3v) is 3.88. The molecule has 0 bridgehead atoms. The number of carbonyl (C=O) groups is 1. The zero-order chi connectivity index (χ0) is 16.8. The van der Waals surface area contributed by atoms with Crippen molar-refractivity contribution < 1.29 is 9.18 Å². The summed E-state index contributed by atoms with van der Waals surface area (Å²) in [5, 5.41) is 4.52. The second kappa shape index (κ2) is 5.42. The quantitative estimate of drug-likeness (QED) is 0.658. The molecular formula is C17H15ClFN3O. The highest BCUT2D eigenvalue weighted by molar-refractivity contribution is 6.31. The third-order valence-electron chi connectivity index (χ3n) is 3.59. The van der Waals surface area contributed by atoms with E-state index in [9.17, 15) is 9.18 Å². The maximum atomic E-state index is 13.4. The molecule has 0 aliphatic carbocycles. The standard InChI is InChI=1S/C17H15ClFN3O/c1-17(2,3)12-7-15(10-4-5-14(19)13(18)6-10)21-22-8-11(9-23)20-16(12)22/h4-9H,1-3H3. The van der Waals surface area contributed by atoms with Crippen molar-refractivity contribution in [1.29, 1.82) is 0 Å². The molecule has 2 aromatic heterocycles. The molecule has 0 saturated heterocycles. The Labute approximate surface area is 137 Å². The van der Waals surface area contributed by atoms with Crippen LogP contribution in [-0.4, -0.2) is 20.9 Å². The first-order chi connectivity index (χ1) is 10.8. The van der Waals surface area contributed by atoms with Crippen LogP contribution in [0.4, 0.5) is 4.39 Å². The first-order valence-electron chi connectivity index (χ1n) is 7.11. The summed E-state index contributed by atoms with van der Waals surface area (Å²) in [5.41, 5.74) is 3.03. The van der Waals surface area contributed by atoms with Crippen molar-refractivity contribution in [3.63, 3.8) is 0 Å². The van der Waals surface area contributed by atoms with Crippen LogP contribution in [0, 0.1) is 5.82 Å². The topological polar surface area (TPSA) is 47.3 Å². The maximum absolute atomic E-state index is 13.4. The van der Waals surface area contributed by atoms with Gasteiger partial charge in [0, 0.05) is 11.1 Å². The van der Waals surface area contributed by atoms with Crippen molar-refractivity contribution in [2.24, 2.45) is 0 Å². The number of imidazole rings is 1. The van der Waals surface area contributed by atoms with Gasteiger partial charge in [0.1, 0.15) is 11.5 Å². The van der Waals surface area contributed by atoms with Gasteiger partial charge in [-0.2, -0.15) is 5.10 Å². The molecule has 0 radical (unpaired) electrons. The minimum Gasteiger partial charge on any atom is -0.296 e. The lowest BCUT2D eigenvalue weighted by Gasteiger charge is -2.20. The van der Waals surface area contributed by atoms with Gasteiger partial charge in [-0.1, -0.05) is 32.4 Å². The molecule has 0 atom stereocenters. The Morgan fingerprint density at radius 3 is 2.61 bits per heavy atom. The Morgan fingerprint density at radius 2 is 2.00 bits per heavy atom. The smallest absolute Gasteiger partial charge is 0.170 e. The Hall–Kier alpha value is -2.27. The second-order valence-electron chi connectivity index (χ2n) is 6.37. The number of benzene rings is 1. The van der Waals surface area contributed by atoms with Gasteiger partial charge in [0.15, 0.2) is 11.9 Å². The predicted molar refractivity (Wildman–Crippen MR) is 87.5 cm³/mol. The molecule has 0 fully saturated rings. The highest BCUT2D eigenvalue weighted by atomic mass is 35.5. The van der Waals surface area contributed by atoms with E-state index in [1.165, 1.54) is 12.1 Å². The summed E-state index contributed by atoms with van der Waals surface area (Å²) in [7, 11) is 0. The molecule has 23 heavy (non-hydrogen) atoms. The van der Waals surface area contributed by atoms with Crippen LogP contribution in [0.5, 0.6) is 0 Å². The molecule has 0 amide bonds. The Balaban J connectivity index is 2.29. The monoisotopic (exact) mass is 331 g/mol. The van der Waals surface area contributed by atoms with Crippen LogP contribution in [0.1, 0.15) is 36.8 Å². The maximum Gasteiger partial charge on any atom is 0.170 e. The van der Waals surface area contributed by atoms with Crippen LogP contribution >= 0.6 is 11.6 Å². The molecule has 0 N–H and O–H groups in total. The van der Waals surface area contributed by atoms with Gasteiger partial charge in [-0.15, -0.1) is 0 Å². The summed E-state index contributed by atoms with van der Waals surface area (Å²) in [4.78, 5) is 15.3. The first-order valence-corrected chi connectivity index (χ1v) is 7.49. The lowest BCUT2D eigenvalue weighted by molar-refractivity contribution is 0.111. The van der Waals surface area contributed by atoms with Crippen LogP contribution in [0.25, 0.3) is 16.9 Å². The first kappa shape index (κ1) is 15.6. The van der Waals surface area contributed by atoms with Crippen molar-refractivity contribution in [1.82, 2.24) is 14.6 Å². The zero-order valence-corrected chi connectivity index (χ0v) is 13.7. The molecule has 2 heterocycles. The Bertz CT molecular complexity index is 912. The number of aromatic nitrogens is 3. The van der Waals surface area contributed by atoms with Crippen LogP contribution in [0.3, 0.4) is 0 Å². The van der Waals surface area contributed by atoms with Crippen molar-refractivity contribution in [3.05, 3.63) is 52.6 Å². The van der Waals surface area contributed by atoms with E-state index in [1.807, 2.05) is 6.07 Å². The number of aldehydes is 1. The minimum absolute atomic E-state index is 0.0425. The van der Waals surface area contributed by atoms with E-state index in [-0.39, 0.29) is 10.4 Å². The SMILES string of the molecule is CC(C)(C)c1cc(-c2ccc(F)c(Cl)c2)nn2cc(C=O)nc12. The van der Waals surface area contributed by atoms with E-state index in [1.54, 1.807) is 16.8 Å². The minimum atomic E-state index is -0.474. The van der Waals surface area contributed by atoms with Gasteiger partial charge in [0.05, 0.1) is 16.9 Å². The van der Waals surface area contributed by atoms with E-state index in [2.05, 4.69) is 30.9 Å². The summed E-state index contributed by atoms with van der Waals surface area (Å²) in [6, 6.07) is 6.37. The lowest BCUT2D eigenvalue weighted by Crippen LogP contribution is -2.14. The number of hydrogen-bond acceptors (Lipinski definition) is 3. The van der Waals surface area contributed by atoms with Crippen LogP contribution in [0.15, 0.2) is 30.5 Å². The van der Waals surface area contributed by atoms with Gasteiger partial charge in [0.25, 0.3) is 0 Å². The van der Waals surface area contributed by atoms with Crippen molar-refractivity contribution in [3.8, 4) is 11.3 Å². The molecule has 0 saturated carbocycles. The van der Waals surface area contributed by atoms with Crippen molar-refractivity contribution >= 4 is 23.5 Å². The fourth-order valence-electron chi connectivity index (χ4n) is 2.40. The molecule has 4 nitrogen and oxygen atoms in total. The number of rotatable bonds is 2. The lowest BCUT2D eigenvalue weighted by atomic mass is 9.87. The van der Waals surface area contributed by atoms with Crippen LogP contribution in [0.2, 0.25) is 5.02 Å². The van der Waals surface area contributed by atoms with E-state index in [4.69, 9.17) is 11.6 Å². The molecule has 0 spiro atoms. The largest absolute Gasteiger partial charge is 0.296 e. The normalized spacial score (nSPS) is 11.9. The number of carbonyl (C=O) groups excluding carboxylic acids is 1. The fraction of sp³-hybridized carbons (Fsp3) is 0.235. The van der Waals surface area contributed by atoms with Crippen molar-refractivity contribution in [2.45, 2.75) is 26.2 Å². The molecule has 118 valence electrons. The van der Waals surface area contributed by atoms with Gasteiger partial charge >= 0.3 is 0 Å². The summed E-state index contributed by atoms with van der Waals surface area (Å²) in [6.07, 6.45) is 2.27. The third kappa shape index (κ3) is 2.84. The molecule has 3 rings (SSSR count). The molecule has 0 unspecified atom stereocenters. The summed E-state index contributed by atoms with van der Waals surface area (Å²) >= 11 is 5.87. The van der Waals surface area contributed by atoms with E-state index < -0.39 is 5.82 Å². The summed E-state index contributed by atoms with van der Waals surface area (Å²) in [5.74, 6) is -0.474. The summed E-state index contributed by atoms with van der Waals surface area (Å²) < 4.78 is 15.0. The van der Waals surface area contributed by atoms with E-state index in [0.717, 1.165) is 5.56 Å². The van der Waals surface area contributed by atoms with Gasteiger partial charge < -0.3 is 0 Å². The zero-order valence-electron chi connectivity index (χ0n) is 13.0. The van der Waals surface area contributed by atoms with Crippen LogP contribution in [-0.2, 0) is 5.41 Å².